The Morgan fingerprint density at radius 2 is 1.61 bits per heavy atom. The zero-order chi connectivity index (χ0) is 21.3. The molecule has 0 aliphatic carbocycles. The zero-order valence-corrected chi connectivity index (χ0v) is 17.4. The van der Waals surface area contributed by atoms with E-state index >= 15 is 0 Å². The van der Waals surface area contributed by atoms with Crippen LogP contribution in [0, 0.1) is 0 Å². The third-order valence-corrected chi connectivity index (χ3v) is 3.97. The van der Waals surface area contributed by atoms with Crippen LogP contribution in [0.3, 0.4) is 0 Å². The number of nitrogens with zero attached hydrogens (tertiary/aromatic N) is 3. The normalized spacial score (nSPS) is 21.1. The van der Waals surface area contributed by atoms with E-state index in [1.54, 1.807) is 41.5 Å². The first-order valence-electron chi connectivity index (χ1n) is 9.42. The molecule has 0 saturated carbocycles. The summed E-state index contributed by atoms with van der Waals surface area (Å²) in [7, 11) is 0. The topological polar surface area (TPSA) is 108 Å². The lowest BCUT2D eigenvalue weighted by molar-refractivity contribution is -0.174. The Bertz CT molecular complexity index is 651. The molecule has 2 rings (SSSR count). The van der Waals surface area contributed by atoms with Crippen LogP contribution in [0.1, 0.15) is 60.8 Å². The number of carbonyl (C=O) groups excluding carboxylic acids is 4. The number of amides is 4. The average Bonchev–Trinajstić information content (AvgIpc) is 2.64. The number of carbonyl (C=O) groups is 4. The third kappa shape index (κ3) is 5.49. The lowest BCUT2D eigenvalue weighted by Gasteiger charge is -2.42. The monoisotopic (exact) mass is 398 g/mol. The highest BCUT2D eigenvalue weighted by Gasteiger charge is 2.45. The van der Waals surface area contributed by atoms with Crippen molar-refractivity contribution in [3.8, 4) is 0 Å². The van der Waals surface area contributed by atoms with Gasteiger partial charge in [0.25, 0.3) is 0 Å². The Hall–Kier alpha value is -2.52. The average molecular weight is 398 g/mol. The van der Waals surface area contributed by atoms with E-state index < -0.39 is 35.3 Å². The van der Waals surface area contributed by atoms with Gasteiger partial charge in [-0.2, -0.15) is 0 Å². The summed E-state index contributed by atoms with van der Waals surface area (Å²) >= 11 is 0. The Balaban J connectivity index is 2.24. The fraction of sp³-hybridized carbons (Fsp3) is 0.778. The standard InChI is InChI=1S/C18H30N4O6/c1-17(2,3)27-14(24)12-8-7-10-21-13(23)9-11-20(16(26)22(12)21)19-15(25)28-18(4,5)6/h12H,7-11H2,1-6H3,(H,19,25)/t12-/m0/s1. The second-order valence-corrected chi connectivity index (χ2v) is 8.85. The third-order valence-electron chi connectivity index (χ3n) is 3.97. The van der Waals surface area contributed by atoms with E-state index in [9.17, 15) is 19.2 Å². The molecular weight excluding hydrogens is 368 g/mol. The molecule has 158 valence electrons. The summed E-state index contributed by atoms with van der Waals surface area (Å²) in [5.41, 5.74) is 0.902. The van der Waals surface area contributed by atoms with Crippen molar-refractivity contribution in [2.24, 2.45) is 0 Å². The summed E-state index contributed by atoms with van der Waals surface area (Å²) in [5, 5.41) is 3.39. The Labute approximate surface area is 165 Å². The van der Waals surface area contributed by atoms with Crippen LogP contribution in [0.2, 0.25) is 0 Å². The van der Waals surface area contributed by atoms with Gasteiger partial charge in [0.2, 0.25) is 5.91 Å². The summed E-state index contributed by atoms with van der Waals surface area (Å²) in [6.07, 6.45) is 0.135. The SMILES string of the molecule is CC(C)(C)OC(=O)NN1CCC(=O)N2CCC[C@@H](C(=O)OC(C)(C)C)N2C1=O. The minimum Gasteiger partial charge on any atom is -0.458 e. The van der Waals surface area contributed by atoms with Gasteiger partial charge >= 0.3 is 18.1 Å². The smallest absolute Gasteiger partial charge is 0.426 e. The van der Waals surface area contributed by atoms with Crippen LogP contribution in [0.15, 0.2) is 0 Å². The minimum atomic E-state index is -0.939. The molecular formula is C18H30N4O6. The van der Waals surface area contributed by atoms with Gasteiger partial charge in [-0.1, -0.05) is 0 Å². The Kier molecular flexibility index (Phi) is 6.10. The molecule has 0 aromatic carbocycles. The molecule has 0 unspecified atom stereocenters. The Morgan fingerprint density at radius 1 is 1.00 bits per heavy atom. The van der Waals surface area contributed by atoms with Crippen LogP contribution in [0.4, 0.5) is 9.59 Å². The van der Waals surface area contributed by atoms with Crippen LogP contribution in [0.25, 0.3) is 0 Å². The number of rotatable bonds is 2. The van der Waals surface area contributed by atoms with Gasteiger partial charge in [-0.15, -0.1) is 0 Å². The van der Waals surface area contributed by atoms with Crippen molar-refractivity contribution in [2.45, 2.75) is 78.0 Å². The maximum Gasteiger partial charge on any atom is 0.426 e. The molecule has 4 amide bonds. The number of hydrogen-bond donors (Lipinski definition) is 1. The van der Waals surface area contributed by atoms with Crippen molar-refractivity contribution in [1.29, 1.82) is 0 Å². The molecule has 1 atom stereocenters. The first-order valence-corrected chi connectivity index (χ1v) is 9.42. The summed E-state index contributed by atoms with van der Waals surface area (Å²) < 4.78 is 10.6. The molecule has 2 fully saturated rings. The summed E-state index contributed by atoms with van der Waals surface area (Å²) in [6.45, 7) is 10.6. The molecule has 10 nitrogen and oxygen atoms in total. The van der Waals surface area contributed by atoms with Crippen LogP contribution >= 0.6 is 0 Å². The number of fused-ring (bicyclic) bond motifs is 1. The number of urea groups is 1. The van der Waals surface area contributed by atoms with Gasteiger partial charge in [-0.05, 0) is 54.4 Å². The first kappa shape index (κ1) is 21.8. The second kappa shape index (κ2) is 7.84. The summed E-state index contributed by atoms with van der Waals surface area (Å²) in [4.78, 5) is 50.4. The van der Waals surface area contributed by atoms with Crippen LogP contribution in [0.5, 0.6) is 0 Å². The van der Waals surface area contributed by atoms with E-state index in [0.717, 1.165) is 10.0 Å². The van der Waals surface area contributed by atoms with Gasteiger partial charge in [0.1, 0.15) is 11.2 Å². The van der Waals surface area contributed by atoms with Crippen LogP contribution in [-0.2, 0) is 19.1 Å². The van der Waals surface area contributed by atoms with E-state index in [4.69, 9.17) is 9.47 Å². The van der Waals surface area contributed by atoms with E-state index in [1.807, 2.05) is 0 Å². The van der Waals surface area contributed by atoms with Crippen LogP contribution < -0.4 is 5.43 Å². The number of hydrogen-bond acceptors (Lipinski definition) is 6. The zero-order valence-electron chi connectivity index (χ0n) is 17.4. The van der Waals surface area contributed by atoms with E-state index in [2.05, 4.69) is 5.43 Å². The number of esters is 1. The molecule has 2 aliphatic heterocycles. The van der Waals surface area contributed by atoms with Gasteiger partial charge in [0, 0.05) is 13.0 Å². The molecule has 2 heterocycles. The van der Waals surface area contributed by atoms with Crippen molar-refractivity contribution in [1.82, 2.24) is 20.5 Å². The van der Waals surface area contributed by atoms with Crippen molar-refractivity contribution in [3.63, 3.8) is 0 Å². The van der Waals surface area contributed by atoms with Gasteiger partial charge in [-0.3, -0.25) is 4.79 Å². The highest BCUT2D eigenvalue weighted by molar-refractivity contribution is 5.89. The summed E-state index contributed by atoms with van der Waals surface area (Å²) in [6, 6.07) is -1.61. The van der Waals surface area contributed by atoms with Gasteiger partial charge < -0.3 is 9.47 Å². The number of nitrogens with one attached hydrogen (secondary N) is 1. The van der Waals surface area contributed by atoms with E-state index in [0.29, 0.717) is 19.4 Å². The molecule has 28 heavy (non-hydrogen) atoms. The molecule has 0 aromatic rings. The van der Waals surface area contributed by atoms with Gasteiger partial charge in [0.15, 0.2) is 6.04 Å². The van der Waals surface area contributed by atoms with E-state index in [-0.39, 0.29) is 18.9 Å². The Morgan fingerprint density at radius 3 is 2.18 bits per heavy atom. The maximum absolute atomic E-state index is 13.1. The molecule has 0 spiro atoms. The first-order chi connectivity index (χ1) is 12.8. The highest BCUT2D eigenvalue weighted by Crippen LogP contribution is 2.25. The molecule has 0 aromatic heterocycles. The van der Waals surface area contributed by atoms with E-state index in [1.165, 1.54) is 5.01 Å². The van der Waals surface area contributed by atoms with Crippen molar-refractivity contribution >= 4 is 24.0 Å². The van der Waals surface area contributed by atoms with Crippen molar-refractivity contribution in [2.75, 3.05) is 13.1 Å². The predicted molar refractivity (Wildman–Crippen MR) is 98.5 cm³/mol. The summed E-state index contributed by atoms with van der Waals surface area (Å²) in [5.74, 6) is -0.882. The van der Waals surface area contributed by atoms with Crippen molar-refractivity contribution < 1.29 is 28.7 Å². The minimum absolute atomic E-state index is 0.0130. The second-order valence-electron chi connectivity index (χ2n) is 8.85. The lowest BCUT2D eigenvalue weighted by atomic mass is 10.1. The van der Waals surface area contributed by atoms with Gasteiger partial charge in [0.05, 0.1) is 6.54 Å². The fourth-order valence-electron chi connectivity index (χ4n) is 2.97. The largest absolute Gasteiger partial charge is 0.458 e. The fourth-order valence-corrected chi connectivity index (χ4v) is 2.97. The molecule has 1 N–H and O–H groups in total. The molecule has 2 aliphatic rings. The molecule has 0 bridgehead atoms. The quantitative estimate of drug-likeness (QED) is 0.711. The molecule has 2 saturated heterocycles. The number of hydrazine groups is 2. The lowest BCUT2D eigenvalue weighted by Crippen LogP contribution is -2.63. The highest BCUT2D eigenvalue weighted by atomic mass is 16.6. The van der Waals surface area contributed by atoms with Crippen LogP contribution in [-0.4, -0.2) is 69.4 Å². The van der Waals surface area contributed by atoms with Gasteiger partial charge in [-0.25, -0.2) is 34.8 Å². The molecule has 10 heteroatoms. The maximum atomic E-state index is 13.1. The van der Waals surface area contributed by atoms with Crippen molar-refractivity contribution in [3.05, 3.63) is 0 Å². The number of ether oxygens (including phenoxy) is 2. The molecule has 0 radical (unpaired) electrons. The predicted octanol–water partition coefficient (Wildman–Crippen LogP) is 1.80.